The molecule has 0 bridgehead atoms. The molecule has 1 amide bonds. The summed E-state index contributed by atoms with van der Waals surface area (Å²) >= 11 is 0. The Balaban J connectivity index is 1.95. The predicted octanol–water partition coefficient (Wildman–Crippen LogP) is 2.35. The van der Waals surface area contributed by atoms with Crippen LogP contribution in [0.15, 0.2) is 58.3 Å². The molecule has 118 valence electrons. The Bertz CT molecular complexity index is 914. The van der Waals surface area contributed by atoms with E-state index in [4.69, 9.17) is 4.74 Å². The van der Waals surface area contributed by atoms with Crippen molar-refractivity contribution in [3.05, 3.63) is 59.0 Å². The predicted molar refractivity (Wildman–Crippen MR) is 84.8 cm³/mol. The van der Waals surface area contributed by atoms with E-state index in [0.29, 0.717) is 11.4 Å². The van der Waals surface area contributed by atoms with E-state index in [0.717, 1.165) is 0 Å². The van der Waals surface area contributed by atoms with Gasteiger partial charge in [-0.05, 0) is 36.4 Å². The summed E-state index contributed by atoms with van der Waals surface area (Å²) in [6, 6.07) is 12.3. The molecule has 0 saturated carbocycles. The summed E-state index contributed by atoms with van der Waals surface area (Å²) < 4.78 is 29.9. The van der Waals surface area contributed by atoms with Crippen LogP contribution in [0.1, 0.15) is 5.56 Å². The van der Waals surface area contributed by atoms with Crippen molar-refractivity contribution >= 4 is 27.2 Å². The molecule has 0 unspecified atom stereocenters. The maximum atomic E-state index is 12.4. The summed E-state index contributed by atoms with van der Waals surface area (Å²) in [6.07, 6.45) is 0. The zero-order valence-corrected chi connectivity index (χ0v) is 12.9. The van der Waals surface area contributed by atoms with E-state index in [1.165, 1.54) is 25.3 Å². The molecule has 3 rings (SSSR count). The third-order valence-electron chi connectivity index (χ3n) is 3.47. The third kappa shape index (κ3) is 2.44. The molecule has 23 heavy (non-hydrogen) atoms. The summed E-state index contributed by atoms with van der Waals surface area (Å²) in [5.41, 5.74) is 0.523. The molecule has 0 atom stereocenters. The maximum absolute atomic E-state index is 12.4. The number of nitrogens with one attached hydrogen (secondary N) is 1. The van der Waals surface area contributed by atoms with Crippen molar-refractivity contribution in [2.24, 2.45) is 0 Å². The van der Waals surface area contributed by atoms with Gasteiger partial charge in [-0.1, -0.05) is 12.1 Å². The van der Waals surface area contributed by atoms with Crippen LogP contribution in [0.25, 0.3) is 5.76 Å². The fourth-order valence-corrected chi connectivity index (χ4v) is 3.94. The van der Waals surface area contributed by atoms with Crippen LogP contribution in [-0.4, -0.2) is 26.5 Å². The summed E-state index contributed by atoms with van der Waals surface area (Å²) in [4.78, 5) is 11.6. The monoisotopic (exact) mass is 331 g/mol. The Morgan fingerprint density at radius 3 is 2.35 bits per heavy atom. The van der Waals surface area contributed by atoms with E-state index in [9.17, 15) is 18.3 Å². The third-order valence-corrected chi connectivity index (χ3v) is 5.32. The van der Waals surface area contributed by atoms with Crippen molar-refractivity contribution in [3.8, 4) is 5.75 Å². The minimum atomic E-state index is -4.03. The number of fused-ring (bicyclic) bond motifs is 1. The zero-order chi connectivity index (χ0) is 16.6. The Kier molecular flexibility index (Phi) is 3.57. The highest BCUT2D eigenvalue weighted by atomic mass is 32.2. The molecule has 0 saturated heterocycles. The SMILES string of the molecule is COc1ccc(NC(=O)C2=C(O)c3ccccc3S2(=O)=O)cc1. The van der Waals surface area contributed by atoms with Crippen molar-refractivity contribution in [2.45, 2.75) is 4.90 Å². The number of aliphatic hydroxyl groups excluding tert-OH is 1. The van der Waals surface area contributed by atoms with Crippen LogP contribution in [0.3, 0.4) is 0 Å². The van der Waals surface area contributed by atoms with Crippen LogP contribution < -0.4 is 10.1 Å². The second kappa shape index (κ2) is 5.44. The van der Waals surface area contributed by atoms with Crippen LogP contribution in [0.2, 0.25) is 0 Å². The molecule has 1 aliphatic rings. The topological polar surface area (TPSA) is 92.7 Å². The first-order valence-electron chi connectivity index (χ1n) is 6.68. The molecule has 0 spiro atoms. The van der Waals surface area contributed by atoms with Gasteiger partial charge in [0.25, 0.3) is 5.91 Å². The number of hydrogen-bond acceptors (Lipinski definition) is 5. The molecule has 0 radical (unpaired) electrons. The van der Waals surface area contributed by atoms with E-state index in [1.54, 1.807) is 30.3 Å². The largest absolute Gasteiger partial charge is 0.506 e. The van der Waals surface area contributed by atoms with Crippen molar-refractivity contribution in [1.82, 2.24) is 0 Å². The highest BCUT2D eigenvalue weighted by Gasteiger charge is 2.40. The first-order chi connectivity index (χ1) is 10.9. The van der Waals surface area contributed by atoms with Crippen LogP contribution in [0, 0.1) is 0 Å². The van der Waals surface area contributed by atoms with Gasteiger partial charge in [0.15, 0.2) is 4.91 Å². The van der Waals surface area contributed by atoms with Crippen molar-refractivity contribution in [2.75, 3.05) is 12.4 Å². The summed E-state index contributed by atoms with van der Waals surface area (Å²) in [7, 11) is -2.52. The number of aliphatic hydroxyl groups is 1. The zero-order valence-electron chi connectivity index (χ0n) is 12.1. The number of carbonyl (C=O) groups is 1. The maximum Gasteiger partial charge on any atom is 0.271 e. The minimum absolute atomic E-state index is 0.0719. The number of sulfone groups is 1. The Morgan fingerprint density at radius 1 is 1.09 bits per heavy atom. The van der Waals surface area contributed by atoms with Crippen LogP contribution in [0.4, 0.5) is 5.69 Å². The number of carbonyl (C=O) groups excluding carboxylic acids is 1. The average Bonchev–Trinajstić information content (AvgIpc) is 2.75. The lowest BCUT2D eigenvalue weighted by Crippen LogP contribution is -2.19. The lowest BCUT2D eigenvalue weighted by Gasteiger charge is -2.07. The van der Waals surface area contributed by atoms with Gasteiger partial charge in [0.1, 0.15) is 11.5 Å². The molecule has 6 nitrogen and oxygen atoms in total. The van der Waals surface area contributed by atoms with Crippen LogP contribution >= 0.6 is 0 Å². The molecule has 2 aromatic rings. The van der Waals surface area contributed by atoms with E-state index in [1.807, 2.05) is 0 Å². The van der Waals surface area contributed by atoms with E-state index < -0.39 is 26.4 Å². The second-order valence-electron chi connectivity index (χ2n) is 4.86. The molecule has 0 aromatic heterocycles. The number of rotatable bonds is 3. The standard InChI is InChI=1S/C16H13NO5S/c1-22-11-8-6-10(7-9-11)17-16(19)15-14(18)12-4-2-3-5-13(12)23(15,20)21/h2-9,18H,1H3,(H,17,19). The van der Waals surface area contributed by atoms with Gasteiger partial charge in [-0.15, -0.1) is 0 Å². The summed E-state index contributed by atoms with van der Waals surface area (Å²) in [5.74, 6) is -0.818. The fourth-order valence-electron chi connectivity index (χ4n) is 2.35. The molecule has 0 fully saturated rings. The Morgan fingerprint density at radius 2 is 1.74 bits per heavy atom. The van der Waals surface area contributed by atoms with Gasteiger partial charge in [-0.2, -0.15) is 0 Å². The molecule has 1 heterocycles. The normalized spacial score (nSPS) is 15.2. The van der Waals surface area contributed by atoms with Gasteiger partial charge in [-0.25, -0.2) is 8.42 Å². The number of hydrogen-bond donors (Lipinski definition) is 2. The number of methoxy groups -OCH3 is 1. The highest BCUT2D eigenvalue weighted by molar-refractivity contribution is 7.97. The average molecular weight is 331 g/mol. The number of amides is 1. The highest BCUT2D eigenvalue weighted by Crippen LogP contribution is 2.37. The van der Waals surface area contributed by atoms with Gasteiger partial charge in [0.05, 0.1) is 12.0 Å². The lowest BCUT2D eigenvalue weighted by molar-refractivity contribution is -0.112. The van der Waals surface area contributed by atoms with Crippen LogP contribution in [0.5, 0.6) is 5.75 Å². The van der Waals surface area contributed by atoms with Gasteiger partial charge in [0, 0.05) is 11.3 Å². The van der Waals surface area contributed by atoms with Crippen molar-refractivity contribution in [1.29, 1.82) is 0 Å². The number of ether oxygens (including phenoxy) is 1. The molecule has 2 N–H and O–H groups in total. The first kappa shape index (κ1) is 15.1. The van der Waals surface area contributed by atoms with E-state index in [-0.39, 0.29) is 10.5 Å². The Labute approximate surface area is 132 Å². The number of anilines is 1. The first-order valence-corrected chi connectivity index (χ1v) is 8.16. The summed E-state index contributed by atoms with van der Waals surface area (Å²) in [5, 5.41) is 12.6. The molecule has 2 aromatic carbocycles. The smallest absolute Gasteiger partial charge is 0.271 e. The summed E-state index contributed by atoms with van der Waals surface area (Å²) in [6.45, 7) is 0. The quantitative estimate of drug-likeness (QED) is 0.900. The fraction of sp³-hybridized carbons (Fsp3) is 0.0625. The molecule has 7 heteroatoms. The Hall–Kier alpha value is -2.80. The van der Waals surface area contributed by atoms with Gasteiger partial charge in [0.2, 0.25) is 9.84 Å². The molecular formula is C16H13NO5S. The van der Waals surface area contributed by atoms with E-state index >= 15 is 0 Å². The molecule has 1 aliphatic heterocycles. The van der Waals surface area contributed by atoms with Gasteiger partial charge in [-0.3, -0.25) is 4.79 Å². The number of benzene rings is 2. The van der Waals surface area contributed by atoms with Crippen molar-refractivity contribution < 1.29 is 23.1 Å². The van der Waals surface area contributed by atoms with Crippen LogP contribution in [-0.2, 0) is 14.6 Å². The minimum Gasteiger partial charge on any atom is -0.506 e. The second-order valence-corrected chi connectivity index (χ2v) is 6.71. The van der Waals surface area contributed by atoms with Gasteiger partial charge >= 0.3 is 0 Å². The van der Waals surface area contributed by atoms with Gasteiger partial charge < -0.3 is 15.2 Å². The lowest BCUT2D eigenvalue weighted by atomic mass is 10.2. The van der Waals surface area contributed by atoms with Crippen molar-refractivity contribution in [3.63, 3.8) is 0 Å². The van der Waals surface area contributed by atoms with E-state index in [2.05, 4.69) is 5.32 Å². The molecule has 0 aliphatic carbocycles. The molecular weight excluding hydrogens is 318 g/mol.